The Hall–Kier alpha value is -1.52. The standard InChI is InChI=1S/C4H3N5/c1-3-4(8-6-1)9-7-2-5-3/h1-2H,(H,6,8,9)/p+1. The average molecular weight is 122 g/mol. The predicted octanol–water partition coefficient (Wildman–Crippen LogP) is -0.833. The summed E-state index contributed by atoms with van der Waals surface area (Å²) in [5.41, 5.74) is 1.54. The lowest BCUT2D eigenvalue weighted by Crippen LogP contribution is -2.03. The van der Waals surface area contributed by atoms with Gasteiger partial charge in [-0.3, -0.25) is 5.10 Å². The summed E-state index contributed by atoms with van der Waals surface area (Å²) in [7, 11) is 0. The molecule has 0 aliphatic carbocycles. The molecule has 0 spiro atoms. The van der Waals surface area contributed by atoms with Crippen molar-refractivity contribution < 1.29 is 4.98 Å². The molecule has 9 heavy (non-hydrogen) atoms. The summed E-state index contributed by atoms with van der Waals surface area (Å²) in [5.74, 6) is 0. The van der Waals surface area contributed by atoms with Crippen LogP contribution in [0.1, 0.15) is 0 Å². The van der Waals surface area contributed by atoms with E-state index in [0.29, 0.717) is 5.65 Å². The van der Waals surface area contributed by atoms with Crippen molar-refractivity contribution in [2.75, 3.05) is 0 Å². The van der Waals surface area contributed by atoms with E-state index in [-0.39, 0.29) is 0 Å². The van der Waals surface area contributed by atoms with Crippen LogP contribution in [-0.2, 0) is 0 Å². The van der Waals surface area contributed by atoms with E-state index in [0.717, 1.165) is 5.52 Å². The van der Waals surface area contributed by atoms with Gasteiger partial charge < -0.3 is 0 Å². The van der Waals surface area contributed by atoms with Gasteiger partial charge in [0.2, 0.25) is 5.65 Å². The van der Waals surface area contributed by atoms with Crippen LogP contribution in [0.5, 0.6) is 0 Å². The van der Waals surface area contributed by atoms with Crippen molar-refractivity contribution in [1.82, 2.24) is 20.4 Å². The third-order valence-corrected chi connectivity index (χ3v) is 1.05. The van der Waals surface area contributed by atoms with Crippen molar-refractivity contribution in [2.24, 2.45) is 0 Å². The van der Waals surface area contributed by atoms with Crippen molar-refractivity contribution in [3.8, 4) is 0 Å². The van der Waals surface area contributed by atoms with E-state index in [1.54, 1.807) is 6.20 Å². The second kappa shape index (κ2) is 1.48. The Morgan fingerprint density at radius 1 is 1.56 bits per heavy atom. The number of hydrogen-bond donors (Lipinski definition) is 1. The number of rotatable bonds is 0. The molecule has 0 bridgehead atoms. The molecule has 2 N–H and O–H groups in total. The van der Waals surface area contributed by atoms with E-state index in [1.165, 1.54) is 6.33 Å². The summed E-state index contributed by atoms with van der Waals surface area (Å²) in [6.45, 7) is 0. The number of fused-ring (bicyclic) bond motifs is 1. The fourth-order valence-electron chi connectivity index (χ4n) is 0.646. The van der Waals surface area contributed by atoms with Crippen molar-refractivity contribution in [3.63, 3.8) is 0 Å². The van der Waals surface area contributed by atoms with Crippen molar-refractivity contribution in [3.05, 3.63) is 12.5 Å². The molecule has 0 fully saturated rings. The lowest BCUT2D eigenvalue weighted by molar-refractivity contribution is -0.350. The maximum Gasteiger partial charge on any atom is 0.313 e. The first-order chi connectivity index (χ1) is 4.47. The zero-order chi connectivity index (χ0) is 6.10. The number of aromatic nitrogens is 5. The van der Waals surface area contributed by atoms with Crippen LogP contribution >= 0.6 is 0 Å². The van der Waals surface area contributed by atoms with E-state index in [4.69, 9.17) is 0 Å². The molecule has 2 aromatic heterocycles. The summed E-state index contributed by atoms with van der Waals surface area (Å²) in [6, 6.07) is 0. The average Bonchev–Trinajstić information content (AvgIpc) is 2.33. The Kier molecular flexibility index (Phi) is 0.717. The Morgan fingerprint density at radius 3 is 3.44 bits per heavy atom. The van der Waals surface area contributed by atoms with Crippen LogP contribution in [0.4, 0.5) is 0 Å². The quantitative estimate of drug-likeness (QED) is 0.495. The van der Waals surface area contributed by atoms with E-state index >= 15 is 0 Å². The highest BCUT2D eigenvalue weighted by Gasteiger charge is 1.98. The molecule has 0 unspecified atom stereocenters. The number of hydrogen-bond acceptors (Lipinski definition) is 3. The minimum atomic E-state index is 0.678. The first-order valence-electron chi connectivity index (χ1n) is 2.49. The largest absolute Gasteiger partial charge is 0.313 e. The van der Waals surface area contributed by atoms with Crippen LogP contribution in [0.15, 0.2) is 12.5 Å². The fourth-order valence-corrected chi connectivity index (χ4v) is 0.646. The van der Waals surface area contributed by atoms with Crippen molar-refractivity contribution >= 4 is 11.2 Å². The molecular weight excluding hydrogens is 118 g/mol. The summed E-state index contributed by atoms with van der Waals surface area (Å²) < 4.78 is 0. The van der Waals surface area contributed by atoms with Gasteiger partial charge in [-0.05, 0) is 5.10 Å². The molecule has 2 rings (SSSR count). The predicted molar refractivity (Wildman–Crippen MR) is 28.2 cm³/mol. The second-order valence-electron chi connectivity index (χ2n) is 1.62. The van der Waals surface area contributed by atoms with Gasteiger partial charge in [0, 0.05) is 0 Å². The van der Waals surface area contributed by atoms with Gasteiger partial charge in [0.1, 0.15) is 0 Å². The van der Waals surface area contributed by atoms with Crippen LogP contribution in [0, 0.1) is 0 Å². The van der Waals surface area contributed by atoms with Gasteiger partial charge in [-0.2, -0.15) is 5.10 Å². The number of H-pyrrole nitrogens is 2. The molecule has 0 aliphatic rings. The Morgan fingerprint density at radius 2 is 2.56 bits per heavy atom. The maximum absolute atomic E-state index is 3.74. The van der Waals surface area contributed by atoms with Crippen LogP contribution in [-0.4, -0.2) is 20.4 Å². The molecule has 5 heteroatoms. The van der Waals surface area contributed by atoms with E-state index < -0.39 is 0 Å². The van der Waals surface area contributed by atoms with Crippen LogP contribution < -0.4 is 4.98 Å². The molecule has 5 nitrogen and oxygen atoms in total. The minimum absolute atomic E-state index is 0.678. The minimum Gasteiger partial charge on any atom is -0.254 e. The van der Waals surface area contributed by atoms with Gasteiger partial charge in [0.15, 0.2) is 5.52 Å². The maximum atomic E-state index is 3.74. The summed E-state index contributed by atoms with van der Waals surface area (Å²) >= 11 is 0. The second-order valence-corrected chi connectivity index (χ2v) is 1.62. The van der Waals surface area contributed by atoms with Crippen molar-refractivity contribution in [1.29, 1.82) is 0 Å². The zero-order valence-electron chi connectivity index (χ0n) is 4.50. The van der Waals surface area contributed by atoms with E-state index in [2.05, 4.69) is 25.4 Å². The highest BCUT2D eigenvalue weighted by Crippen LogP contribution is 1.93. The van der Waals surface area contributed by atoms with Gasteiger partial charge in [-0.1, -0.05) is 0 Å². The lowest BCUT2D eigenvalue weighted by atomic mass is 10.6. The van der Waals surface area contributed by atoms with Gasteiger partial charge in [-0.25, -0.2) is 4.98 Å². The first kappa shape index (κ1) is 4.37. The summed E-state index contributed by atoms with van der Waals surface area (Å²) in [5, 5.41) is 13.8. The van der Waals surface area contributed by atoms with E-state index in [9.17, 15) is 0 Å². The monoisotopic (exact) mass is 122 g/mol. The molecule has 2 aromatic rings. The van der Waals surface area contributed by atoms with Crippen molar-refractivity contribution in [2.45, 2.75) is 0 Å². The van der Waals surface area contributed by atoms with Gasteiger partial charge in [-0.15, -0.1) is 0 Å². The normalized spacial score (nSPS) is 10.2. The SMILES string of the molecule is c1nnc2[nH]ncc2[nH+]1. The third-order valence-electron chi connectivity index (χ3n) is 1.05. The number of aromatic amines is 2. The van der Waals surface area contributed by atoms with Gasteiger partial charge in [0.05, 0.1) is 11.3 Å². The summed E-state index contributed by atoms with van der Waals surface area (Å²) in [4.78, 5) is 2.86. The molecule has 0 aromatic carbocycles. The smallest absolute Gasteiger partial charge is 0.254 e. The van der Waals surface area contributed by atoms with Crippen LogP contribution in [0.2, 0.25) is 0 Å². The lowest BCUT2D eigenvalue weighted by Gasteiger charge is -1.71. The number of nitrogens with one attached hydrogen (secondary N) is 2. The van der Waals surface area contributed by atoms with Gasteiger partial charge in [0.25, 0.3) is 0 Å². The molecule has 0 saturated heterocycles. The summed E-state index contributed by atoms with van der Waals surface area (Å²) in [6.07, 6.45) is 3.17. The fraction of sp³-hybridized carbons (Fsp3) is 0. The molecule has 2 heterocycles. The Bertz CT molecular complexity index is 283. The van der Waals surface area contributed by atoms with E-state index in [1.807, 2.05) is 0 Å². The molecule has 0 atom stereocenters. The van der Waals surface area contributed by atoms with Crippen LogP contribution in [0.3, 0.4) is 0 Å². The highest BCUT2D eigenvalue weighted by atomic mass is 15.2. The molecule has 0 saturated carbocycles. The molecule has 0 amide bonds. The molecule has 44 valence electrons. The highest BCUT2D eigenvalue weighted by molar-refractivity contribution is 5.62. The van der Waals surface area contributed by atoms with Crippen LogP contribution in [0.25, 0.3) is 11.2 Å². The molecule has 0 radical (unpaired) electrons. The number of nitrogens with zero attached hydrogens (tertiary/aromatic N) is 3. The topological polar surface area (TPSA) is 68.6 Å². The Balaban J connectivity index is 2.95. The third kappa shape index (κ3) is 0.543. The van der Waals surface area contributed by atoms with Gasteiger partial charge >= 0.3 is 6.33 Å². The Labute approximate surface area is 50.1 Å². The molecular formula is C4H4N5+. The first-order valence-corrected chi connectivity index (χ1v) is 2.49. The molecule has 0 aliphatic heterocycles. The zero-order valence-corrected chi connectivity index (χ0v) is 4.50.